The number of nitrogen functional groups attached to an aromatic ring is 1. The number of thioether (sulfide) groups is 1. The van der Waals surface area contributed by atoms with Crippen LogP contribution in [0.15, 0.2) is 70.1 Å². The van der Waals surface area contributed by atoms with Gasteiger partial charge < -0.3 is 24.5 Å². The van der Waals surface area contributed by atoms with E-state index in [9.17, 15) is 29.4 Å². The first-order valence-electron chi connectivity index (χ1n) is 13.1. The zero-order chi connectivity index (χ0) is 31.4. The molecule has 44 heavy (non-hydrogen) atoms. The maximum absolute atomic E-state index is 14.2. The topological polar surface area (TPSA) is 224 Å². The third-order valence-corrected chi connectivity index (χ3v) is 9.69. The van der Waals surface area contributed by atoms with E-state index >= 15 is 0 Å². The molecule has 0 aliphatic carbocycles. The summed E-state index contributed by atoms with van der Waals surface area (Å²) in [5.41, 5.74) is 4.84. The summed E-state index contributed by atoms with van der Waals surface area (Å²) in [6.45, 7) is 0.673. The molecule has 1 unspecified atom stereocenters. The van der Waals surface area contributed by atoms with Gasteiger partial charge in [0.25, 0.3) is 0 Å². The second-order valence-corrected chi connectivity index (χ2v) is 12.8. The lowest BCUT2D eigenvalue weighted by Crippen LogP contribution is -2.36. The second-order valence-electron chi connectivity index (χ2n) is 9.65. The Hall–Kier alpha value is -4.28. The van der Waals surface area contributed by atoms with Crippen LogP contribution < -0.4 is 21.0 Å². The van der Waals surface area contributed by atoms with Crippen LogP contribution >= 0.6 is 19.5 Å². The van der Waals surface area contributed by atoms with E-state index < -0.39 is 59.6 Å². The summed E-state index contributed by atoms with van der Waals surface area (Å²) in [5, 5.41) is 24.4. The van der Waals surface area contributed by atoms with Crippen molar-refractivity contribution in [1.82, 2.24) is 19.6 Å². The summed E-state index contributed by atoms with van der Waals surface area (Å²) < 4.78 is 37.3. The number of carbonyl (C=O) groups is 1. The number of furan rings is 1. The number of fused-ring (bicyclic) bond motifs is 1. The number of aromatic nitrogens is 3. The summed E-state index contributed by atoms with van der Waals surface area (Å²) >= 11 is 1.19. The molecule has 1 fully saturated rings. The van der Waals surface area contributed by atoms with Gasteiger partial charge in [0.15, 0.2) is 0 Å². The number of aliphatic hydroxyl groups excluding tert-OH is 1. The number of rotatable bonds is 12. The van der Waals surface area contributed by atoms with Crippen molar-refractivity contribution in [3.05, 3.63) is 87.3 Å². The second kappa shape index (κ2) is 13.2. The van der Waals surface area contributed by atoms with E-state index in [4.69, 9.17) is 23.9 Å². The van der Waals surface area contributed by atoms with Crippen LogP contribution in [0.2, 0.25) is 0 Å². The lowest BCUT2D eigenvalue weighted by molar-refractivity contribution is -0.402. The first-order chi connectivity index (χ1) is 21.0. The molecule has 4 N–H and O–H groups in total. The number of nitrogens with two attached hydrogens (primary N) is 1. The Labute approximate surface area is 253 Å². The molecule has 0 bridgehead atoms. The van der Waals surface area contributed by atoms with Gasteiger partial charge in [0, 0.05) is 11.8 Å². The maximum atomic E-state index is 14.2. The number of nitro groups is 1. The Bertz CT molecular complexity index is 1780. The molecule has 5 atom stereocenters. The maximum Gasteiger partial charge on any atom is 0.459 e. The summed E-state index contributed by atoms with van der Waals surface area (Å²) in [6, 6.07) is 13.5. The number of anilines is 1. The fourth-order valence-corrected chi connectivity index (χ4v) is 7.42. The lowest BCUT2D eigenvalue weighted by atomic mass is 10.1. The van der Waals surface area contributed by atoms with E-state index in [2.05, 4.69) is 15.1 Å². The van der Waals surface area contributed by atoms with Crippen molar-refractivity contribution in [2.45, 2.75) is 42.7 Å². The largest absolute Gasteiger partial charge is 0.459 e. The molecule has 0 spiro atoms. The van der Waals surface area contributed by atoms with E-state index in [0.717, 1.165) is 11.5 Å². The van der Waals surface area contributed by atoms with Crippen molar-refractivity contribution >= 4 is 48.1 Å². The average Bonchev–Trinajstić information content (AvgIpc) is 3.62. The van der Waals surface area contributed by atoms with Crippen LogP contribution in [0.1, 0.15) is 24.5 Å². The fraction of sp³-hybridized carbons (Fsp3) is 0.308. The Morgan fingerprint density at radius 1 is 1.30 bits per heavy atom. The fourth-order valence-electron chi connectivity index (χ4n) is 4.35. The van der Waals surface area contributed by atoms with Crippen LogP contribution in [-0.2, 0) is 25.2 Å². The predicted molar refractivity (Wildman–Crippen MR) is 158 cm³/mol. The number of esters is 1. The number of benzene rings is 2. The lowest BCUT2D eigenvalue weighted by Gasteiger charge is -2.25. The molecule has 0 saturated carbocycles. The third kappa shape index (κ3) is 7.26. The van der Waals surface area contributed by atoms with Crippen molar-refractivity contribution in [2.24, 2.45) is 0 Å². The van der Waals surface area contributed by atoms with Gasteiger partial charge >= 0.3 is 25.3 Å². The van der Waals surface area contributed by atoms with Crippen molar-refractivity contribution in [3.63, 3.8) is 0 Å². The highest BCUT2D eigenvalue weighted by Gasteiger charge is 2.39. The molecule has 2 aromatic heterocycles. The number of ether oxygens (including phenoxy) is 1. The van der Waals surface area contributed by atoms with Gasteiger partial charge in [0.1, 0.15) is 35.4 Å². The van der Waals surface area contributed by atoms with Gasteiger partial charge in [0.2, 0.25) is 5.95 Å². The number of nitrogens with zero attached hydrogens (tertiary/aromatic N) is 4. The molecule has 3 heterocycles. The van der Waals surface area contributed by atoms with Gasteiger partial charge in [-0.05, 0) is 24.4 Å². The number of aliphatic hydroxyl groups is 1. The van der Waals surface area contributed by atoms with Crippen molar-refractivity contribution < 1.29 is 37.6 Å². The van der Waals surface area contributed by atoms with Crippen LogP contribution in [0.5, 0.6) is 5.75 Å². The van der Waals surface area contributed by atoms with Crippen LogP contribution in [-0.4, -0.2) is 54.5 Å². The van der Waals surface area contributed by atoms with E-state index in [0.29, 0.717) is 5.39 Å². The molecule has 1 aliphatic rings. The van der Waals surface area contributed by atoms with Crippen molar-refractivity contribution in [2.75, 3.05) is 12.3 Å². The highest BCUT2D eigenvalue weighted by atomic mass is 32.2. The minimum absolute atomic E-state index is 0.0381. The van der Waals surface area contributed by atoms with Crippen LogP contribution in [0.25, 0.3) is 10.8 Å². The molecule has 4 aromatic rings. The summed E-state index contributed by atoms with van der Waals surface area (Å²) in [7, 11) is -4.34. The highest BCUT2D eigenvalue weighted by molar-refractivity contribution is 8.00. The van der Waals surface area contributed by atoms with Crippen LogP contribution in [0, 0.1) is 10.1 Å². The molecule has 0 amide bonds. The first-order valence-corrected chi connectivity index (χ1v) is 15.6. The van der Waals surface area contributed by atoms with E-state index in [1.54, 1.807) is 24.3 Å². The van der Waals surface area contributed by atoms with E-state index in [-0.39, 0.29) is 30.5 Å². The molecule has 2 aromatic carbocycles. The Morgan fingerprint density at radius 3 is 2.82 bits per heavy atom. The van der Waals surface area contributed by atoms with E-state index in [1.165, 1.54) is 35.6 Å². The molecule has 16 nitrogen and oxygen atoms in total. The van der Waals surface area contributed by atoms with Crippen molar-refractivity contribution in [1.29, 1.82) is 0 Å². The highest BCUT2D eigenvalue weighted by Crippen LogP contribution is 2.49. The van der Waals surface area contributed by atoms with Gasteiger partial charge in [-0.25, -0.2) is 14.3 Å². The SMILES string of the molecule is C[C@H](NP(=O)(OC[C@H]1S[C@@H](n2cnc(N)nc2=O)C[C@H]1O)Oc1cccc2ccccc12)C(=O)OCc1ccc([N+](=O)[O-])o1. The van der Waals surface area contributed by atoms with Gasteiger partial charge in [-0.15, -0.1) is 11.8 Å². The number of hydrogen-bond acceptors (Lipinski definition) is 14. The molecule has 5 rings (SSSR count). The first kappa shape index (κ1) is 31.2. The van der Waals surface area contributed by atoms with E-state index in [1.807, 2.05) is 18.2 Å². The third-order valence-electron chi connectivity index (χ3n) is 6.53. The molecule has 1 saturated heterocycles. The molecule has 0 radical (unpaired) electrons. The van der Waals surface area contributed by atoms with Crippen molar-refractivity contribution in [3.8, 4) is 5.75 Å². The molecule has 232 valence electrons. The average molecular weight is 647 g/mol. The minimum atomic E-state index is -4.34. The van der Waals surface area contributed by atoms with Gasteiger partial charge in [-0.1, -0.05) is 36.4 Å². The summed E-state index contributed by atoms with van der Waals surface area (Å²) in [6.07, 6.45) is 0.435. The summed E-state index contributed by atoms with van der Waals surface area (Å²) in [4.78, 5) is 42.6. The number of hydrogen-bond donors (Lipinski definition) is 3. The predicted octanol–water partition coefficient (Wildman–Crippen LogP) is 3.17. The molecule has 18 heteroatoms. The Balaban J connectivity index is 1.31. The standard InChI is InChI=1S/C26H27N6O10PS/c1-15(24(34)39-12-17-9-10-22(41-17)32(36)37)30-43(38,42-20-8-4-6-16-5-2-3-7-18(16)20)40-13-21-19(33)11-23(44-21)31-14-28-25(27)29-26(31)35/h2-10,14-15,19,21,23,33H,11-13H2,1H3,(H,30,38)(H2,27,29,35)/t15-,19+,21+,23+,43?/m0/s1. The number of carbonyl (C=O) groups excluding carboxylic acids is 1. The van der Waals surface area contributed by atoms with Gasteiger partial charge in [0.05, 0.1) is 29.4 Å². The normalized spacial score (nSPS) is 20.2. The minimum Gasteiger partial charge on any atom is -0.456 e. The molecular weight excluding hydrogens is 619 g/mol. The van der Waals surface area contributed by atoms with Crippen LogP contribution in [0.3, 0.4) is 0 Å². The molecular formula is C26H27N6O10PS. The van der Waals surface area contributed by atoms with Gasteiger partial charge in [-0.2, -0.15) is 10.1 Å². The quantitative estimate of drug-likeness (QED) is 0.0870. The number of nitrogens with one attached hydrogen (secondary N) is 1. The van der Waals surface area contributed by atoms with Gasteiger partial charge in [-0.3, -0.25) is 24.0 Å². The monoisotopic (exact) mass is 646 g/mol. The summed E-state index contributed by atoms with van der Waals surface area (Å²) in [5.74, 6) is -1.30. The molecule has 1 aliphatic heterocycles. The van der Waals surface area contributed by atoms with Crippen LogP contribution in [0.4, 0.5) is 11.8 Å². The zero-order valence-electron chi connectivity index (χ0n) is 23.0. The smallest absolute Gasteiger partial charge is 0.456 e. The Kier molecular flexibility index (Phi) is 9.31. The zero-order valence-corrected chi connectivity index (χ0v) is 24.8. The Morgan fingerprint density at radius 2 is 2.07 bits per heavy atom.